The average molecular weight is 251 g/mol. The molecular formula is C18H21N. The Balaban J connectivity index is 2.11. The number of hydrogen-bond acceptors (Lipinski definition) is 1. The minimum Gasteiger partial charge on any atom is -0.369 e. The van der Waals surface area contributed by atoms with E-state index >= 15 is 0 Å². The van der Waals surface area contributed by atoms with Gasteiger partial charge in [0.1, 0.15) is 0 Å². The molecule has 0 heterocycles. The Morgan fingerprint density at radius 2 is 1.21 bits per heavy atom. The molecule has 0 N–H and O–H groups in total. The normalized spacial score (nSPS) is 10.0. The van der Waals surface area contributed by atoms with Crippen LogP contribution in [-0.2, 0) is 13.1 Å². The number of nitrogens with zero attached hydrogens (tertiary/aromatic N) is 1. The van der Waals surface area contributed by atoms with E-state index < -0.39 is 0 Å². The molecule has 2 aromatic carbocycles. The Kier molecular flexibility index (Phi) is 4.79. The van der Waals surface area contributed by atoms with Gasteiger partial charge in [0.15, 0.2) is 0 Å². The van der Waals surface area contributed by atoms with Crippen molar-refractivity contribution in [1.29, 1.82) is 0 Å². The summed E-state index contributed by atoms with van der Waals surface area (Å²) in [5, 5.41) is 0. The van der Waals surface area contributed by atoms with E-state index in [4.69, 9.17) is 0 Å². The molecule has 0 spiro atoms. The first-order valence-corrected chi connectivity index (χ1v) is 6.71. The van der Waals surface area contributed by atoms with E-state index in [0.717, 1.165) is 13.1 Å². The first-order chi connectivity index (χ1) is 9.24. The third-order valence-electron chi connectivity index (χ3n) is 2.90. The van der Waals surface area contributed by atoms with Gasteiger partial charge in [-0.2, -0.15) is 0 Å². The second-order valence-electron chi connectivity index (χ2n) is 5.08. The molecule has 0 saturated carbocycles. The molecule has 0 fully saturated rings. The standard InChI is InChI=1S/C18H21N/c1-16(2)13-19(14-17-9-5-3-6-10-17)15-18-11-7-4-8-12-18/h3-13H,14-15H2,1-2H3. The lowest BCUT2D eigenvalue weighted by molar-refractivity contribution is 0.359. The number of allylic oxidation sites excluding steroid dienone is 1. The molecule has 0 aliphatic carbocycles. The smallest absolute Gasteiger partial charge is 0.0427 e. The molecule has 2 aromatic rings. The van der Waals surface area contributed by atoms with Crippen molar-refractivity contribution >= 4 is 0 Å². The molecule has 0 aliphatic rings. The van der Waals surface area contributed by atoms with Crippen LogP contribution in [-0.4, -0.2) is 4.90 Å². The quantitative estimate of drug-likeness (QED) is 0.750. The third-order valence-corrected chi connectivity index (χ3v) is 2.90. The van der Waals surface area contributed by atoms with Crippen LogP contribution in [0.25, 0.3) is 0 Å². The summed E-state index contributed by atoms with van der Waals surface area (Å²) in [4.78, 5) is 2.36. The minimum absolute atomic E-state index is 0.945. The monoisotopic (exact) mass is 251 g/mol. The fraction of sp³-hybridized carbons (Fsp3) is 0.222. The van der Waals surface area contributed by atoms with Gasteiger partial charge in [0.25, 0.3) is 0 Å². The van der Waals surface area contributed by atoms with Gasteiger partial charge in [0.2, 0.25) is 0 Å². The highest BCUT2D eigenvalue weighted by Crippen LogP contribution is 2.11. The van der Waals surface area contributed by atoms with Crippen molar-refractivity contribution in [3.8, 4) is 0 Å². The molecule has 0 unspecified atom stereocenters. The molecule has 0 radical (unpaired) electrons. The molecule has 0 atom stereocenters. The zero-order valence-electron chi connectivity index (χ0n) is 11.7. The summed E-state index contributed by atoms with van der Waals surface area (Å²) in [7, 11) is 0. The topological polar surface area (TPSA) is 3.24 Å². The Hall–Kier alpha value is -2.02. The molecule has 1 nitrogen and oxygen atoms in total. The minimum atomic E-state index is 0.945. The van der Waals surface area contributed by atoms with Crippen LogP contribution < -0.4 is 0 Å². The Morgan fingerprint density at radius 1 is 0.789 bits per heavy atom. The summed E-state index contributed by atoms with van der Waals surface area (Å²) in [6, 6.07) is 21.2. The molecule has 0 bridgehead atoms. The Bertz CT molecular complexity index is 468. The van der Waals surface area contributed by atoms with Gasteiger partial charge in [-0.1, -0.05) is 66.2 Å². The fourth-order valence-electron chi connectivity index (χ4n) is 2.15. The zero-order chi connectivity index (χ0) is 13.5. The Labute approximate surface area is 116 Å². The van der Waals surface area contributed by atoms with Gasteiger partial charge in [0.05, 0.1) is 0 Å². The van der Waals surface area contributed by atoms with Gasteiger partial charge in [0, 0.05) is 13.1 Å². The maximum atomic E-state index is 2.36. The van der Waals surface area contributed by atoms with E-state index in [9.17, 15) is 0 Å². The van der Waals surface area contributed by atoms with Crippen LogP contribution in [0.3, 0.4) is 0 Å². The lowest BCUT2D eigenvalue weighted by Gasteiger charge is -2.21. The first-order valence-electron chi connectivity index (χ1n) is 6.71. The van der Waals surface area contributed by atoms with Gasteiger partial charge >= 0.3 is 0 Å². The van der Waals surface area contributed by atoms with Crippen LogP contribution >= 0.6 is 0 Å². The molecule has 0 aromatic heterocycles. The third kappa shape index (κ3) is 4.63. The second-order valence-corrected chi connectivity index (χ2v) is 5.08. The van der Waals surface area contributed by atoms with E-state index in [1.54, 1.807) is 0 Å². The summed E-state index contributed by atoms with van der Waals surface area (Å²) < 4.78 is 0. The van der Waals surface area contributed by atoms with E-state index in [2.05, 4.69) is 85.6 Å². The lowest BCUT2D eigenvalue weighted by Crippen LogP contribution is -2.16. The first kappa shape index (κ1) is 13.4. The molecule has 2 rings (SSSR count). The molecule has 0 amide bonds. The predicted molar refractivity (Wildman–Crippen MR) is 81.6 cm³/mol. The molecule has 19 heavy (non-hydrogen) atoms. The van der Waals surface area contributed by atoms with Gasteiger partial charge < -0.3 is 4.90 Å². The van der Waals surface area contributed by atoms with Crippen molar-refractivity contribution in [3.63, 3.8) is 0 Å². The van der Waals surface area contributed by atoms with Gasteiger partial charge in [-0.05, 0) is 31.2 Å². The van der Waals surface area contributed by atoms with Crippen LogP contribution in [0.2, 0.25) is 0 Å². The van der Waals surface area contributed by atoms with Crippen molar-refractivity contribution in [2.75, 3.05) is 0 Å². The number of hydrogen-bond donors (Lipinski definition) is 0. The van der Waals surface area contributed by atoms with Gasteiger partial charge in [-0.25, -0.2) is 0 Å². The summed E-state index contributed by atoms with van der Waals surface area (Å²) in [6.07, 6.45) is 2.24. The zero-order valence-corrected chi connectivity index (χ0v) is 11.7. The van der Waals surface area contributed by atoms with Crippen LogP contribution in [0, 0.1) is 0 Å². The lowest BCUT2D eigenvalue weighted by atomic mass is 10.1. The molecule has 98 valence electrons. The van der Waals surface area contributed by atoms with E-state index in [-0.39, 0.29) is 0 Å². The number of benzene rings is 2. The van der Waals surface area contributed by atoms with Crippen LogP contribution in [0.5, 0.6) is 0 Å². The predicted octanol–water partition coefficient (Wildman–Crippen LogP) is 4.61. The van der Waals surface area contributed by atoms with Crippen molar-refractivity contribution in [1.82, 2.24) is 4.90 Å². The molecule has 1 heteroatoms. The van der Waals surface area contributed by atoms with Crippen LogP contribution in [0.1, 0.15) is 25.0 Å². The highest BCUT2D eigenvalue weighted by molar-refractivity contribution is 5.18. The van der Waals surface area contributed by atoms with E-state index in [1.807, 2.05) is 0 Å². The van der Waals surface area contributed by atoms with Crippen molar-refractivity contribution < 1.29 is 0 Å². The molecule has 0 saturated heterocycles. The van der Waals surface area contributed by atoms with Gasteiger partial charge in [-0.3, -0.25) is 0 Å². The number of rotatable bonds is 5. The van der Waals surface area contributed by atoms with E-state index in [0.29, 0.717) is 0 Å². The summed E-state index contributed by atoms with van der Waals surface area (Å²) in [5.74, 6) is 0. The van der Waals surface area contributed by atoms with Crippen molar-refractivity contribution in [2.45, 2.75) is 26.9 Å². The molecule has 0 aliphatic heterocycles. The van der Waals surface area contributed by atoms with Crippen molar-refractivity contribution in [2.24, 2.45) is 0 Å². The Morgan fingerprint density at radius 3 is 1.58 bits per heavy atom. The van der Waals surface area contributed by atoms with Crippen molar-refractivity contribution in [3.05, 3.63) is 83.6 Å². The maximum Gasteiger partial charge on any atom is 0.0427 e. The van der Waals surface area contributed by atoms with Crippen LogP contribution in [0.15, 0.2) is 72.4 Å². The van der Waals surface area contributed by atoms with Crippen LogP contribution in [0.4, 0.5) is 0 Å². The summed E-state index contributed by atoms with van der Waals surface area (Å²) >= 11 is 0. The fourth-order valence-corrected chi connectivity index (χ4v) is 2.15. The highest BCUT2D eigenvalue weighted by Gasteiger charge is 2.02. The summed E-state index contributed by atoms with van der Waals surface area (Å²) in [6.45, 7) is 6.17. The molecular weight excluding hydrogens is 230 g/mol. The second kappa shape index (κ2) is 6.79. The largest absolute Gasteiger partial charge is 0.369 e. The summed E-state index contributed by atoms with van der Waals surface area (Å²) in [5.41, 5.74) is 4.01. The SMILES string of the molecule is CC(C)=CN(Cc1ccccc1)Cc1ccccc1. The van der Waals surface area contributed by atoms with Gasteiger partial charge in [-0.15, -0.1) is 0 Å². The average Bonchev–Trinajstić information content (AvgIpc) is 2.40. The highest BCUT2D eigenvalue weighted by atomic mass is 15.1. The van der Waals surface area contributed by atoms with E-state index in [1.165, 1.54) is 16.7 Å². The maximum absolute atomic E-state index is 2.36.